The predicted octanol–water partition coefficient (Wildman–Crippen LogP) is 8.11. The zero-order valence-corrected chi connectivity index (χ0v) is 25.3. The van der Waals surface area contributed by atoms with Crippen molar-refractivity contribution in [1.29, 1.82) is 0 Å². The number of benzene rings is 1. The molecule has 0 saturated heterocycles. The summed E-state index contributed by atoms with van der Waals surface area (Å²) in [6.07, 6.45) is 10.3. The van der Waals surface area contributed by atoms with Gasteiger partial charge in [-0.05, 0) is 19.3 Å². The second-order valence-corrected chi connectivity index (χ2v) is 10.6. The molecule has 9 heteroatoms. The molecule has 1 aromatic rings. The molecule has 6 nitrogen and oxygen atoms in total. The molecule has 2 atom stereocenters. The Morgan fingerprint density at radius 2 is 1.29 bits per heavy atom. The molecule has 236 valence electrons. The third-order valence-corrected chi connectivity index (χ3v) is 7.26. The number of unbranched alkanes of at least 4 members (excludes halogenated alkanes) is 11. The Labute approximate surface area is 244 Å². The summed E-state index contributed by atoms with van der Waals surface area (Å²) < 4.78 is 62.5. The summed E-state index contributed by atoms with van der Waals surface area (Å²) in [4.78, 5) is 24.7. The Bertz CT molecular complexity index is 817. The van der Waals surface area contributed by atoms with E-state index in [1.807, 2.05) is 0 Å². The molecule has 0 saturated carbocycles. The van der Waals surface area contributed by atoms with E-state index in [1.54, 1.807) is 6.07 Å². The number of alkyl halides is 3. The van der Waals surface area contributed by atoms with Crippen LogP contribution in [0.3, 0.4) is 0 Å². The lowest BCUT2D eigenvalue weighted by molar-refractivity contribution is -0.277. The highest BCUT2D eigenvalue weighted by molar-refractivity contribution is 5.82. The van der Waals surface area contributed by atoms with E-state index in [9.17, 15) is 22.8 Å². The maximum atomic E-state index is 14.0. The maximum absolute atomic E-state index is 14.0. The minimum atomic E-state index is -5.03. The molecule has 0 bridgehead atoms. The van der Waals surface area contributed by atoms with Crippen molar-refractivity contribution in [2.45, 2.75) is 121 Å². The summed E-state index contributed by atoms with van der Waals surface area (Å²) in [5.74, 6) is -1.22. The minimum absolute atomic E-state index is 0.0678. The van der Waals surface area contributed by atoms with Crippen LogP contribution >= 0.6 is 0 Å². The van der Waals surface area contributed by atoms with Crippen LogP contribution in [0, 0.1) is 0 Å². The summed E-state index contributed by atoms with van der Waals surface area (Å²) in [7, 11) is 2.20. The van der Waals surface area contributed by atoms with Gasteiger partial charge in [0.2, 0.25) is 0 Å². The van der Waals surface area contributed by atoms with Crippen molar-refractivity contribution in [3.8, 4) is 0 Å². The Balaban J connectivity index is 2.19. The van der Waals surface area contributed by atoms with Crippen LogP contribution < -0.4 is 0 Å². The number of carbonyl (C=O) groups is 2. The number of ketones is 1. The van der Waals surface area contributed by atoms with Crippen LogP contribution in [0.2, 0.25) is 0 Å². The van der Waals surface area contributed by atoms with Crippen molar-refractivity contribution in [3.63, 3.8) is 0 Å². The number of esters is 1. The van der Waals surface area contributed by atoms with Crippen molar-refractivity contribution in [2.24, 2.45) is 0 Å². The van der Waals surface area contributed by atoms with E-state index < -0.39 is 30.5 Å². The molecule has 0 heterocycles. The molecule has 1 aromatic carbocycles. The van der Waals surface area contributed by atoms with Gasteiger partial charge in [0.15, 0.2) is 0 Å². The quantitative estimate of drug-likeness (QED) is 0.0849. The van der Waals surface area contributed by atoms with E-state index in [0.29, 0.717) is 25.2 Å². The first-order chi connectivity index (χ1) is 19.7. The average molecular weight is 589 g/mol. The van der Waals surface area contributed by atoms with E-state index in [2.05, 4.69) is 6.92 Å². The number of carbonyl (C=O) groups excluding carboxylic acids is 2. The van der Waals surface area contributed by atoms with Crippen LogP contribution in [-0.2, 0) is 34.1 Å². The fraction of sp³-hybridized carbons (Fsp3) is 0.750. The molecule has 0 N–H and O–H groups in total. The van der Waals surface area contributed by atoms with Crippen LogP contribution in [-0.4, -0.2) is 58.1 Å². The van der Waals surface area contributed by atoms with Crippen LogP contribution in [0.15, 0.2) is 30.3 Å². The minimum Gasteiger partial charge on any atom is -0.460 e. The second kappa shape index (κ2) is 21.7. The highest BCUT2D eigenvalue weighted by Crippen LogP contribution is 2.43. The van der Waals surface area contributed by atoms with E-state index >= 15 is 0 Å². The van der Waals surface area contributed by atoms with Gasteiger partial charge in [-0.3, -0.25) is 4.79 Å². The van der Waals surface area contributed by atoms with Gasteiger partial charge < -0.3 is 18.9 Å². The smallest absolute Gasteiger partial charge is 0.432 e. The molecule has 0 aliphatic carbocycles. The van der Waals surface area contributed by atoms with Gasteiger partial charge in [0, 0.05) is 39.2 Å². The molecule has 0 aliphatic heterocycles. The molecule has 0 spiro atoms. The zero-order chi connectivity index (χ0) is 30.4. The normalized spacial score (nSPS) is 14.0. The summed E-state index contributed by atoms with van der Waals surface area (Å²) in [6.45, 7) is 2.32. The molecule has 41 heavy (non-hydrogen) atoms. The number of Topliss-reactive ketones (excluding diaryl/α,β-unsaturated/α-hetero) is 1. The Hall–Kier alpha value is -1.97. The largest absolute Gasteiger partial charge is 0.460 e. The Morgan fingerprint density at radius 3 is 1.80 bits per heavy atom. The first kappa shape index (κ1) is 37.1. The predicted molar refractivity (Wildman–Crippen MR) is 154 cm³/mol. The maximum Gasteiger partial charge on any atom is 0.432 e. The van der Waals surface area contributed by atoms with Crippen molar-refractivity contribution >= 4 is 11.8 Å². The molecule has 0 aliphatic rings. The summed E-state index contributed by atoms with van der Waals surface area (Å²) in [5.41, 5.74) is -3.60. The highest BCUT2D eigenvalue weighted by Gasteiger charge is 2.64. The van der Waals surface area contributed by atoms with Crippen LogP contribution in [0.1, 0.15) is 109 Å². The van der Waals surface area contributed by atoms with Crippen LogP contribution in [0.5, 0.6) is 0 Å². The molecule has 1 rings (SSSR count). The second-order valence-electron chi connectivity index (χ2n) is 10.6. The van der Waals surface area contributed by atoms with Gasteiger partial charge in [-0.2, -0.15) is 13.2 Å². The number of halogens is 3. The summed E-state index contributed by atoms with van der Waals surface area (Å²) in [5, 5.41) is 0. The van der Waals surface area contributed by atoms with Crippen LogP contribution in [0.25, 0.3) is 0 Å². The number of rotatable bonds is 25. The number of hydrogen-bond donors (Lipinski definition) is 0. The molecular weight excluding hydrogens is 537 g/mol. The van der Waals surface area contributed by atoms with Gasteiger partial charge in [0.1, 0.15) is 18.5 Å². The Morgan fingerprint density at radius 1 is 0.756 bits per heavy atom. The summed E-state index contributed by atoms with van der Waals surface area (Å²) >= 11 is 0. The van der Waals surface area contributed by atoms with E-state index in [1.165, 1.54) is 76.3 Å². The molecule has 0 radical (unpaired) electrons. The van der Waals surface area contributed by atoms with E-state index in [4.69, 9.17) is 18.9 Å². The van der Waals surface area contributed by atoms with Gasteiger partial charge in [0.25, 0.3) is 5.60 Å². The van der Waals surface area contributed by atoms with Crippen molar-refractivity contribution < 1.29 is 41.7 Å². The lowest BCUT2D eigenvalue weighted by atomic mass is 9.93. The fourth-order valence-electron chi connectivity index (χ4n) is 4.69. The highest BCUT2D eigenvalue weighted by atomic mass is 19.4. The molecular formula is C32H51F3O6. The molecule has 0 fully saturated rings. The topological polar surface area (TPSA) is 71.1 Å². The van der Waals surface area contributed by atoms with Gasteiger partial charge in [-0.15, -0.1) is 0 Å². The van der Waals surface area contributed by atoms with E-state index in [-0.39, 0.29) is 12.2 Å². The van der Waals surface area contributed by atoms with Gasteiger partial charge in [-0.1, -0.05) is 101 Å². The first-order valence-corrected chi connectivity index (χ1v) is 15.2. The van der Waals surface area contributed by atoms with Crippen molar-refractivity contribution in [3.05, 3.63) is 35.9 Å². The lowest BCUT2D eigenvalue weighted by Crippen LogP contribution is -2.52. The number of hydrogen-bond acceptors (Lipinski definition) is 6. The van der Waals surface area contributed by atoms with Gasteiger partial charge >= 0.3 is 12.1 Å². The zero-order valence-electron chi connectivity index (χ0n) is 25.3. The fourth-order valence-corrected chi connectivity index (χ4v) is 4.69. The van der Waals surface area contributed by atoms with Crippen molar-refractivity contribution in [1.82, 2.24) is 0 Å². The summed E-state index contributed by atoms with van der Waals surface area (Å²) in [6, 6.07) is 6.67. The SMILES string of the molecule is CCCCCCCCCCCC(=O)CCCCCCOC[C@H](COC(=O)[C@@](OC)(c1ccccc1)C(F)(F)F)OC. The number of methoxy groups -OCH3 is 2. The molecule has 0 unspecified atom stereocenters. The number of ether oxygens (including phenoxy) is 4. The van der Waals surface area contributed by atoms with Crippen molar-refractivity contribution in [2.75, 3.05) is 34.0 Å². The molecule has 0 aromatic heterocycles. The molecule has 0 amide bonds. The third-order valence-electron chi connectivity index (χ3n) is 7.26. The Kier molecular flexibility index (Phi) is 19.6. The standard InChI is InChI=1S/C32H51F3O6/c1-4-5-6-7-8-9-10-11-17-22-28(36)23-18-12-13-19-24-40-25-29(38-2)26-41-30(37)31(39-3,32(33,34)35)27-20-15-14-16-21-27/h14-16,20-21,29H,4-13,17-19,22-26H2,1-3H3/t29-,31+/m1/s1. The average Bonchev–Trinajstić information content (AvgIpc) is 2.95. The van der Waals surface area contributed by atoms with Gasteiger partial charge in [-0.25, -0.2) is 4.79 Å². The lowest BCUT2D eigenvalue weighted by Gasteiger charge is -2.32. The van der Waals surface area contributed by atoms with Gasteiger partial charge in [0.05, 0.1) is 6.61 Å². The van der Waals surface area contributed by atoms with E-state index in [0.717, 1.165) is 45.6 Å². The third kappa shape index (κ3) is 14.2. The monoisotopic (exact) mass is 588 g/mol. The van der Waals surface area contributed by atoms with Crippen LogP contribution in [0.4, 0.5) is 13.2 Å². The first-order valence-electron chi connectivity index (χ1n) is 15.2.